The Bertz CT molecular complexity index is 691. The Kier molecular flexibility index (Phi) is 4.43. The summed E-state index contributed by atoms with van der Waals surface area (Å²) in [7, 11) is 0. The largest absolute Gasteiger partial charge is 0.479 e. The van der Waals surface area contributed by atoms with Crippen molar-refractivity contribution in [2.75, 3.05) is 0 Å². The van der Waals surface area contributed by atoms with Crippen LogP contribution in [0.2, 0.25) is 0 Å². The van der Waals surface area contributed by atoms with Gasteiger partial charge in [-0.25, -0.2) is 4.79 Å². The molecule has 0 radical (unpaired) electrons. The molecule has 0 aliphatic rings. The highest BCUT2D eigenvalue weighted by Crippen LogP contribution is 2.20. The Balaban J connectivity index is 2.28. The van der Waals surface area contributed by atoms with Crippen LogP contribution >= 0.6 is 11.3 Å². The fourth-order valence-electron chi connectivity index (χ4n) is 2.03. The molecule has 110 valence electrons. The summed E-state index contributed by atoms with van der Waals surface area (Å²) in [5.74, 6) is -1.43. The van der Waals surface area contributed by atoms with Gasteiger partial charge in [0, 0.05) is 5.38 Å². The summed E-state index contributed by atoms with van der Waals surface area (Å²) >= 11 is 1.42. The minimum absolute atomic E-state index is 0.362. The van der Waals surface area contributed by atoms with Gasteiger partial charge >= 0.3 is 5.97 Å². The Labute approximate surface area is 127 Å². The SMILES string of the molecule is Cc1ccc(C(NC(=O)c2cscc2C)C(=O)O)cc1C. The van der Waals surface area contributed by atoms with Gasteiger partial charge in [0.05, 0.1) is 5.56 Å². The minimum Gasteiger partial charge on any atom is -0.479 e. The molecule has 0 bridgehead atoms. The van der Waals surface area contributed by atoms with Gasteiger partial charge in [0.2, 0.25) is 0 Å². The van der Waals surface area contributed by atoms with Gasteiger partial charge in [0.1, 0.15) is 0 Å². The van der Waals surface area contributed by atoms with Crippen LogP contribution in [0.3, 0.4) is 0 Å². The van der Waals surface area contributed by atoms with Gasteiger partial charge < -0.3 is 10.4 Å². The smallest absolute Gasteiger partial charge is 0.330 e. The van der Waals surface area contributed by atoms with E-state index in [2.05, 4.69) is 5.32 Å². The van der Waals surface area contributed by atoms with Crippen LogP contribution in [0, 0.1) is 20.8 Å². The molecule has 0 spiro atoms. The second kappa shape index (κ2) is 6.10. The fourth-order valence-corrected chi connectivity index (χ4v) is 2.86. The van der Waals surface area contributed by atoms with Crippen LogP contribution in [0.4, 0.5) is 0 Å². The first kappa shape index (κ1) is 15.3. The van der Waals surface area contributed by atoms with E-state index in [-0.39, 0.29) is 5.91 Å². The number of amides is 1. The molecule has 0 saturated heterocycles. The van der Waals surface area contributed by atoms with Crippen LogP contribution in [-0.4, -0.2) is 17.0 Å². The second-order valence-corrected chi connectivity index (χ2v) is 5.80. The summed E-state index contributed by atoms with van der Waals surface area (Å²) < 4.78 is 0. The van der Waals surface area contributed by atoms with E-state index in [4.69, 9.17) is 0 Å². The number of rotatable bonds is 4. The Morgan fingerprint density at radius 1 is 1.10 bits per heavy atom. The van der Waals surface area contributed by atoms with Crippen molar-refractivity contribution in [3.05, 3.63) is 56.8 Å². The molecule has 4 nitrogen and oxygen atoms in total. The Morgan fingerprint density at radius 3 is 2.33 bits per heavy atom. The number of carboxylic acids is 1. The summed E-state index contributed by atoms with van der Waals surface area (Å²) in [6.45, 7) is 5.71. The third-order valence-corrected chi connectivity index (χ3v) is 4.35. The third kappa shape index (κ3) is 3.31. The summed E-state index contributed by atoms with van der Waals surface area (Å²) in [5.41, 5.74) is 4.03. The Morgan fingerprint density at radius 2 is 1.81 bits per heavy atom. The number of aliphatic carboxylic acids is 1. The predicted octanol–water partition coefficient (Wildman–Crippen LogP) is 3.23. The fraction of sp³-hybridized carbons (Fsp3) is 0.250. The number of hydrogen-bond donors (Lipinski definition) is 2. The zero-order valence-corrected chi connectivity index (χ0v) is 13.0. The van der Waals surface area contributed by atoms with E-state index < -0.39 is 12.0 Å². The van der Waals surface area contributed by atoms with Crippen molar-refractivity contribution in [1.82, 2.24) is 5.32 Å². The summed E-state index contributed by atoms with van der Waals surface area (Å²) in [6.07, 6.45) is 0. The average molecular weight is 303 g/mol. The third-order valence-electron chi connectivity index (χ3n) is 3.49. The van der Waals surface area contributed by atoms with Crippen LogP contribution in [0.1, 0.15) is 38.7 Å². The number of carbonyl (C=O) groups is 2. The molecule has 21 heavy (non-hydrogen) atoms. The molecule has 1 aromatic heterocycles. The van der Waals surface area contributed by atoms with Crippen molar-refractivity contribution in [2.45, 2.75) is 26.8 Å². The first-order chi connectivity index (χ1) is 9.90. The van der Waals surface area contributed by atoms with Crippen LogP contribution in [0.15, 0.2) is 29.0 Å². The Hall–Kier alpha value is -2.14. The maximum atomic E-state index is 12.2. The van der Waals surface area contributed by atoms with Crippen molar-refractivity contribution < 1.29 is 14.7 Å². The number of nitrogens with one attached hydrogen (secondary N) is 1. The average Bonchev–Trinajstić information content (AvgIpc) is 2.85. The highest BCUT2D eigenvalue weighted by molar-refractivity contribution is 7.08. The highest BCUT2D eigenvalue weighted by Gasteiger charge is 2.23. The normalized spacial score (nSPS) is 12.0. The van der Waals surface area contributed by atoms with E-state index in [9.17, 15) is 14.7 Å². The number of carboxylic acid groups (broad SMARTS) is 1. The molecule has 0 saturated carbocycles. The molecule has 5 heteroatoms. The van der Waals surface area contributed by atoms with Gasteiger partial charge in [0.15, 0.2) is 6.04 Å². The van der Waals surface area contributed by atoms with Gasteiger partial charge in [-0.15, -0.1) is 0 Å². The number of hydrogen-bond acceptors (Lipinski definition) is 3. The molecule has 1 amide bonds. The van der Waals surface area contributed by atoms with Crippen LogP contribution in [-0.2, 0) is 4.79 Å². The first-order valence-electron chi connectivity index (χ1n) is 6.53. The topological polar surface area (TPSA) is 66.4 Å². The summed E-state index contributed by atoms with van der Waals surface area (Å²) in [6, 6.07) is 4.36. The molecule has 1 unspecified atom stereocenters. The maximum absolute atomic E-state index is 12.2. The number of aryl methyl sites for hydroxylation is 3. The molecule has 1 heterocycles. The van der Waals surface area contributed by atoms with E-state index in [1.54, 1.807) is 17.5 Å². The lowest BCUT2D eigenvalue weighted by atomic mass is 10.0. The second-order valence-electron chi connectivity index (χ2n) is 5.06. The van der Waals surface area contributed by atoms with Crippen molar-refractivity contribution in [3.8, 4) is 0 Å². The van der Waals surface area contributed by atoms with E-state index in [1.165, 1.54) is 11.3 Å². The quantitative estimate of drug-likeness (QED) is 0.911. The summed E-state index contributed by atoms with van der Waals surface area (Å²) in [5, 5.41) is 15.6. The molecular formula is C16H17NO3S. The number of carbonyl (C=O) groups excluding carboxylic acids is 1. The van der Waals surface area contributed by atoms with Gasteiger partial charge in [-0.1, -0.05) is 18.2 Å². The highest BCUT2D eigenvalue weighted by atomic mass is 32.1. The number of thiophene rings is 1. The lowest BCUT2D eigenvalue weighted by Crippen LogP contribution is -2.33. The molecular weight excluding hydrogens is 286 g/mol. The molecule has 0 aliphatic heterocycles. The van der Waals surface area contributed by atoms with Gasteiger partial charge in [-0.2, -0.15) is 11.3 Å². The molecule has 2 aromatic rings. The van der Waals surface area contributed by atoms with Crippen molar-refractivity contribution in [2.24, 2.45) is 0 Å². The zero-order valence-electron chi connectivity index (χ0n) is 12.1. The molecule has 2 N–H and O–H groups in total. The monoisotopic (exact) mass is 303 g/mol. The molecule has 2 rings (SSSR count). The first-order valence-corrected chi connectivity index (χ1v) is 7.48. The predicted molar refractivity (Wildman–Crippen MR) is 82.8 cm³/mol. The molecule has 1 aromatic carbocycles. The standard InChI is InChI=1S/C16H17NO3S/c1-9-4-5-12(6-10(9)2)14(16(19)20)17-15(18)13-8-21-7-11(13)3/h4-8,14H,1-3H3,(H,17,18)(H,19,20). The summed E-state index contributed by atoms with van der Waals surface area (Å²) in [4.78, 5) is 23.7. The molecule has 0 aliphatic carbocycles. The van der Waals surface area contributed by atoms with E-state index >= 15 is 0 Å². The maximum Gasteiger partial charge on any atom is 0.330 e. The van der Waals surface area contributed by atoms with E-state index in [1.807, 2.05) is 32.2 Å². The zero-order chi connectivity index (χ0) is 15.6. The van der Waals surface area contributed by atoms with Gasteiger partial charge in [-0.3, -0.25) is 4.79 Å². The van der Waals surface area contributed by atoms with Gasteiger partial charge in [-0.05, 0) is 48.4 Å². The lowest BCUT2D eigenvalue weighted by molar-refractivity contribution is -0.139. The van der Waals surface area contributed by atoms with Crippen molar-refractivity contribution in [3.63, 3.8) is 0 Å². The van der Waals surface area contributed by atoms with E-state index in [0.717, 1.165) is 16.7 Å². The molecule has 1 atom stereocenters. The lowest BCUT2D eigenvalue weighted by Gasteiger charge is -2.16. The molecule has 0 fully saturated rings. The van der Waals surface area contributed by atoms with Gasteiger partial charge in [0.25, 0.3) is 5.91 Å². The van der Waals surface area contributed by atoms with Crippen LogP contribution < -0.4 is 5.32 Å². The van der Waals surface area contributed by atoms with Crippen molar-refractivity contribution in [1.29, 1.82) is 0 Å². The minimum atomic E-state index is -1.07. The van der Waals surface area contributed by atoms with E-state index in [0.29, 0.717) is 11.1 Å². The van der Waals surface area contributed by atoms with Crippen molar-refractivity contribution >= 4 is 23.2 Å². The van der Waals surface area contributed by atoms with Crippen LogP contribution in [0.5, 0.6) is 0 Å². The van der Waals surface area contributed by atoms with Crippen LogP contribution in [0.25, 0.3) is 0 Å². The number of benzene rings is 1.